The van der Waals surface area contributed by atoms with Crippen molar-refractivity contribution in [1.82, 2.24) is 4.90 Å². The minimum absolute atomic E-state index is 0. The Labute approximate surface area is 130 Å². The standard InChI is InChI=1S/C15H22F2N2O.ClH/c1-15(2,9-18)10-19(3)14(20)7-4-11-8-12(16)5-6-13(11)17;/h5-6,8H,4,7,9-10,18H2,1-3H3;1H. The van der Waals surface area contributed by atoms with E-state index in [2.05, 4.69) is 0 Å². The Kier molecular flexibility index (Phi) is 7.82. The summed E-state index contributed by atoms with van der Waals surface area (Å²) in [5.74, 6) is -1.08. The SMILES string of the molecule is CN(CC(C)(C)CN)C(=O)CCc1cc(F)ccc1F.Cl. The van der Waals surface area contributed by atoms with E-state index in [1.165, 1.54) is 0 Å². The second-order valence-corrected chi connectivity index (χ2v) is 5.85. The molecule has 0 radical (unpaired) electrons. The van der Waals surface area contributed by atoms with Gasteiger partial charge < -0.3 is 10.6 Å². The van der Waals surface area contributed by atoms with Gasteiger partial charge in [0.05, 0.1) is 0 Å². The van der Waals surface area contributed by atoms with E-state index < -0.39 is 11.6 Å². The van der Waals surface area contributed by atoms with Gasteiger partial charge in [-0.25, -0.2) is 8.78 Å². The summed E-state index contributed by atoms with van der Waals surface area (Å²) in [7, 11) is 1.70. The molecule has 0 spiro atoms. The van der Waals surface area contributed by atoms with Crippen molar-refractivity contribution in [3.05, 3.63) is 35.4 Å². The molecule has 2 N–H and O–H groups in total. The first kappa shape index (κ1) is 19.8. The molecule has 0 aliphatic rings. The zero-order valence-electron chi connectivity index (χ0n) is 12.7. The first-order valence-electron chi connectivity index (χ1n) is 6.63. The van der Waals surface area contributed by atoms with E-state index in [0.717, 1.165) is 18.2 Å². The highest BCUT2D eigenvalue weighted by Gasteiger charge is 2.21. The average Bonchev–Trinajstić information content (AvgIpc) is 2.39. The summed E-state index contributed by atoms with van der Waals surface area (Å²) < 4.78 is 26.5. The average molecular weight is 321 g/mol. The Bertz CT molecular complexity index is 481. The van der Waals surface area contributed by atoms with Crippen LogP contribution in [0, 0.1) is 17.0 Å². The summed E-state index contributed by atoms with van der Waals surface area (Å²) in [6.45, 7) is 4.96. The van der Waals surface area contributed by atoms with Crippen LogP contribution in [0.25, 0.3) is 0 Å². The summed E-state index contributed by atoms with van der Waals surface area (Å²) >= 11 is 0. The Hall–Kier alpha value is -1.20. The Morgan fingerprint density at radius 1 is 1.33 bits per heavy atom. The van der Waals surface area contributed by atoms with Crippen molar-refractivity contribution in [3.63, 3.8) is 0 Å². The van der Waals surface area contributed by atoms with E-state index in [4.69, 9.17) is 5.73 Å². The lowest BCUT2D eigenvalue weighted by Gasteiger charge is -2.29. The lowest BCUT2D eigenvalue weighted by Crippen LogP contribution is -2.39. The molecule has 1 aromatic carbocycles. The molecule has 0 heterocycles. The number of rotatable bonds is 6. The van der Waals surface area contributed by atoms with E-state index >= 15 is 0 Å². The molecule has 120 valence electrons. The highest BCUT2D eigenvalue weighted by atomic mass is 35.5. The van der Waals surface area contributed by atoms with Crippen LogP contribution in [0.3, 0.4) is 0 Å². The van der Waals surface area contributed by atoms with Crippen LogP contribution in [-0.2, 0) is 11.2 Å². The van der Waals surface area contributed by atoms with E-state index in [0.29, 0.717) is 13.1 Å². The van der Waals surface area contributed by atoms with Crippen LogP contribution in [-0.4, -0.2) is 30.9 Å². The molecule has 0 aromatic heterocycles. The normalized spacial score (nSPS) is 11.0. The van der Waals surface area contributed by atoms with Gasteiger partial charge in [0.1, 0.15) is 11.6 Å². The minimum Gasteiger partial charge on any atom is -0.345 e. The molecular weight excluding hydrogens is 298 g/mol. The summed E-state index contributed by atoms with van der Waals surface area (Å²) in [6.07, 6.45) is 0.341. The molecule has 1 rings (SSSR count). The summed E-state index contributed by atoms with van der Waals surface area (Å²) in [5.41, 5.74) is 5.70. The van der Waals surface area contributed by atoms with E-state index in [9.17, 15) is 13.6 Å². The third-order valence-corrected chi connectivity index (χ3v) is 3.26. The van der Waals surface area contributed by atoms with Gasteiger partial charge in [-0.15, -0.1) is 12.4 Å². The van der Waals surface area contributed by atoms with E-state index in [1.54, 1.807) is 11.9 Å². The number of nitrogens with two attached hydrogens (primary N) is 1. The van der Waals surface area contributed by atoms with Crippen LogP contribution in [0.5, 0.6) is 0 Å². The second-order valence-electron chi connectivity index (χ2n) is 5.85. The van der Waals surface area contributed by atoms with Crippen molar-refractivity contribution in [2.75, 3.05) is 20.1 Å². The fourth-order valence-electron chi connectivity index (χ4n) is 1.96. The van der Waals surface area contributed by atoms with Crippen molar-refractivity contribution in [2.45, 2.75) is 26.7 Å². The van der Waals surface area contributed by atoms with Gasteiger partial charge >= 0.3 is 0 Å². The Balaban J connectivity index is 0.00000400. The van der Waals surface area contributed by atoms with Crippen LogP contribution in [0.2, 0.25) is 0 Å². The number of carbonyl (C=O) groups excluding carboxylic acids is 1. The molecular formula is C15H23ClF2N2O. The quantitative estimate of drug-likeness (QED) is 0.876. The summed E-state index contributed by atoms with van der Waals surface area (Å²) in [4.78, 5) is 13.6. The van der Waals surface area contributed by atoms with Gasteiger partial charge in [0.25, 0.3) is 0 Å². The number of hydrogen-bond donors (Lipinski definition) is 1. The maximum absolute atomic E-state index is 13.4. The molecule has 1 aromatic rings. The number of nitrogens with zero attached hydrogens (tertiary/aromatic N) is 1. The number of amides is 1. The maximum Gasteiger partial charge on any atom is 0.222 e. The van der Waals surface area contributed by atoms with E-state index in [-0.39, 0.29) is 42.1 Å². The van der Waals surface area contributed by atoms with Crippen molar-refractivity contribution in [2.24, 2.45) is 11.1 Å². The molecule has 6 heteroatoms. The van der Waals surface area contributed by atoms with Crippen molar-refractivity contribution < 1.29 is 13.6 Å². The van der Waals surface area contributed by atoms with Gasteiger partial charge in [-0.3, -0.25) is 4.79 Å². The molecule has 1 amide bonds. The molecule has 3 nitrogen and oxygen atoms in total. The smallest absolute Gasteiger partial charge is 0.222 e. The summed E-state index contributed by atoms with van der Waals surface area (Å²) in [6, 6.07) is 3.28. The third kappa shape index (κ3) is 6.40. The molecule has 0 saturated heterocycles. The van der Waals surface area contributed by atoms with Crippen LogP contribution < -0.4 is 5.73 Å². The van der Waals surface area contributed by atoms with Crippen LogP contribution in [0.4, 0.5) is 8.78 Å². The number of aryl methyl sites for hydroxylation is 1. The molecule has 0 fully saturated rings. The molecule has 0 aliphatic heterocycles. The predicted molar refractivity (Wildman–Crippen MR) is 82.4 cm³/mol. The molecule has 0 unspecified atom stereocenters. The summed E-state index contributed by atoms with van der Waals surface area (Å²) in [5, 5.41) is 0. The molecule has 0 aliphatic carbocycles. The van der Waals surface area contributed by atoms with Gasteiger partial charge in [-0.2, -0.15) is 0 Å². The van der Waals surface area contributed by atoms with E-state index in [1.807, 2.05) is 13.8 Å². The van der Waals surface area contributed by atoms with Crippen molar-refractivity contribution in [1.29, 1.82) is 0 Å². The highest BCUT2D eigenvalue weighted by Crippen LogP contribution is 2.16. The lowest BCUT2D eigenvalue weighted by molar-refractivity contribution is -0.131. The zero-order valence-corrected chi connectivity index (χ0v) is 13.5. The first-order valence-corrected chi connectivity index (χ1v) is 6.63. The number of hydrogen-bond acceptors (Lipinski definition) is 2. The van der Waals surface area contributed by atoms with Gasteiger partial charge in [0, 0.05) is 20.0 Å². The number of benzene rings is 1. The van der Waals surface area contributed by atoms with Crippen LogP contribution in [0.1, 0.15) is 25.8 Å². The van der Waals surface area contributed by atoms with Gasteiger partial charge in [-0.05, 0) is 42.1 Å². The molecule has 0 atom stereocenters. The molecule has 21 heavy (non-hydrogen) atoms. The minimum atomic E-state index is -0.494. The molecule has 0 saturated carbocycles. The van der Waals surface area contributed by atoms with Crippen LogP contribution >= 0.6 is 12.4 Å². The zero-order chi connectivity index (χ0) is 15.3. The highest BCUT2D eigenvalue weighted by molar-refractivity contribution is 5.85. The Morgan fingerprint density at radius 2 is 1.95 bits per heavy atom. The topological polar surface area (TPSA) is 46.3 Å². The lowest BCUT2D eigenvalue weighted by atomic mass is 9.93. The second kappa shape index (κ2) is 8.29. The largest absolute Gasteiger partial charge is 0.345 e. The predicted octanol–water partition coefficient (Wildman–Crippen LogP) is 2.76. The number of halogens is 3. The van der Waals surface area contributed by atoms with Crippen molar-refractivity contribution in [3.8, 4) is 0 Å². The van der Waals surface area contributed by atoms with Gasteiger partial charge in [-0.1, -0.05) is 13.8 Å². The van der Waals surface area contributed by atoms with Gasteiger partial charge in [0.15, 0.2) is 0 Å². The van der Waals surface area contributed by atoms with Crippen LogP contribution in [0.15, 0.2) is 18.2 Å². The maximum atomic E-state index is 13.4. The molecule has 0 bridgehead atoms. The van der Waals surface area contributed by atoms with Gasteiger partial charge in [0.2, 0.25) is 5.91 Å². The number of carbonyl (C=O) groups is 1. The Morgan fingerprint density at radius 3 is 2.52 bits per heavy atom. The van der Waals surface area contributed by atoms with Crippen molar-refractivity contribution >= 4 is 18.3 Å². The first-order chi connectivity index (χ1) is 9.25. The third-order valence-electron chi connectivity index (χ3n) is 3.26. The fraction of sp³-hybridized carbons (Fsp3) is 0.533. The fourth-order valence-corrected chi connectivity index (χ4v) is 1.96. The monoisotopic (exact) mass is 320 g/mol.